The fraction of sp³-hybridized carbons (Fsp3) is 0.625. The second-order valence-corrected chi connectivity index (χ2v) is 7.96. The van der Waals surface area contributed by atoms with E-state index in [0.29, 0.717) is 0 Å². The second kappa shape index (κ2) is 7.81. The first-order valence-corrected chi connectivity index (χ1v) is 8.33. The van der Waals surface area contributed by atoms with Crippen LogP contribution in [0.15, 0.2) is 30.3 Å². The first kappa shape index (κ1) is 16.4. The molecular weight excluding hydrogens is 254 g/mol. The molecule has 0 aromatic heterocycles. The van der Waals surface area contributed by atoms with Gasteiger partial charge in [-0.1, -0.05) is 56.5 Å². The molecule has 0 spiro atoms. The minimum absolute atomic E-state index is 0.188. The minimum atomic E-state index is -1.02. The van der Waals surface area contributed by atoms with Gasteiger partial charge in [0.05, 0.1) is 15.7 Å². The average molecular weight is 281 g/mol. The fourth-order valence-electron chi connectivity index (χ4n) is 1.88. The Balaban J connectivity index is 2.73. The van der Waals surface area contributed by atoms with Crippen LogP contribution in [0.25, 0.3) is 0 Å². The van der Waals surface area contributed by atoms with Crippen LogP contribution in [0.4, 0.5) is 0 Å². The molecular formula is C16H27NOS. The van der Waals surface area contributed by atoms with Crippen molar-refractivity contribution < 1.29 is 4.21 Å². The van der Waals surface area contributed by atoms with Gasteiger partial charge < -0.3 is 0 Å². The first-order chi connectivity index (χ1) is 8.95. The Morgan fingerprint density at radius 3 is 2.32 bits per heavy atom. The van der Waals surface area contributed by atoms with Crippen molar-refractivity contribution in [3.05, 3.63) is 35.9 Å². The van der Waals surface area contributed by atoms with Crippen molar-refractivity contribution in [2.24, 2.45) is 0 Å². The molecule has 0 radical (unpaired) electrons. The summed E-state index contributed by atoms with van der Waals surface area (Å²) in [5.41, 5.74) is 1.23. The molecule has 0 aliphatic rings. The number of hydrogen-bond acceptors (Lipinski definition) is 1. The fourth-order valence-corrected chi connectivity index (χ4v) is 2.75. The summed E-state index contributed by atoms with van der Waals surface area (Å²) in [7, 11) is -1.02. The van der Waals surface area contributed by atoms with Gasteiger partial charge in [0.1, 0.15) is 0 Å². The lowest BCUT2D eigenvalue weighted by atomic mass is 10.0. The molecule has 1 N–H and O–H groups in total. The lowest BCUT2D eigenvalue weighted by Crippen LogP contribution is -2.35. The van der Waals surface area contributed by atoms with E-state index in [4.69, 9.17) is 0 Å². The van der Waals surface area contributed by atoms with Gasteiger partial charge in [-0.25, -0.2) is 8.93 Å². The summed E-state index contributed by atoms with van der Waals surface area (Å²) in [6.45, 7) is 8.22. The number of rotatable bonds is 7. The zero-order valence-electron chi connectivity index (χ0n) is 12.6. The van der Waals surface area contributed by atoms with Crippen molar-refractivity contribution in [1.29, 1.82) is 0 Å². The number of benzene rings is 1. The van der Waals surface area contributed by atoms with Gasteiger partial charge >= 0.3 is 0 Å². The molecule has 108 valence electrons. The van der Waals surface area contributed by atoms with Crippen LogP contribution >= 0.6 is 0 Å². The highest BCUT2D eigenvalue weighted by Crippen LogP contribution is 2.22. The summed E-state index contributed by atoms with van der Waals surface area (Å²) in [6, 6.07) is 10.5. The van der Waals surface area contributed by atoms with Gasteiger partial charge in [-0.15, -0.1) is 0 Å². The number of unbranched alkanes of at least 4 members (excludes halogenated alkanes) is 2. The van der Waals surface area contributed by atoms with Crippen LogP contribution < -0.4 is 4.72 Å². The summed E-state index contributed by atoms with van der Waals surface area (Å²) in [5.74, 6) is 0. The molecule has 2 nitrogen and oxygen atoms in total. The van der Waals surface area contributed by atoms with E-state index < -0.39 is 11.0 Å². The molecule has 0 saturated carbocycles. The van der Waals surface area contributed by atoms with Gasteiger partial charge in [0, 0.05) is 6.04 Å². The topological polar surface area (TPSA) is 29.1 Å². The molecule has 0 amide bonds. The smallest absolute Gasteiger partial charge is 0.0975 e. The van der Waals surface area contributed by atoms with Crippen molar-refractivity contribution in [3.63, 3.8) is 0 Å². The highest BCUT2D eigenvalue weighted by atomic mass is 32.2. The second-order valence-electron chi connectivity index (χ2n) is 5.96. The zero-order valence-corrected chi connectivity index (χ0v) is 13.4. The van der Waals surface area contributed by atoms with E-state index in [-0.39, 0.29) is 10.8 Å². The van der Waals surface area contributed by atoms with Crippen LogP contribution in [0.2, 0.25) is 0 Å². The van der Waals surface area contributed by atoms with E-state index in [9.17, 15) is 4.21 Å². The Labute approximate surface area is 120 Å². The molecule has 1 aromatic carbocycles. The zero-order chi connectivity index (χ0) is 14.3. The van der Waals surface area contributed by atoms with Gasteiger partial charge in [-0.05, 0) is 32.8 Å². The predicted octanol–water partition coefficient (Wildman–Crippen LogP) is 4.36. The lowest BCUT2D eigenvalue weighted by molar-refractivity contribution is 0.536. The summed E-state index contributed by atoms with van der Waals surface area (Å²) >= 11 is 0. The van der Waals surface area contributed by atoms with Crippen LogP contribution in [-0.4, -0.2) is 8.96 Å². The summed E-state index contributed by atoms with van der Waals surface area (Å²) in [5, 5.41) is 0. The molecule has 3 heteroatoms. The quantitative estimate of drug-likeness (QED) is 0.739. The maximum absolute atomic E-state index is 12.3. The highest BCUT2D eigenvalue weighted by molar-refractivity contribution is 7.84. The monoisotopic (exact) mass is 281 g/mol. The van der Waals surface area contributed by atoms with Gasteiger partial charge in [-0.3, -0.25) is 0 Å². The van der Waals surface area contributed by atoms with E-state index in [2.05, 4.69) is 23.8 Å². The Kier molecular flexibility index (Phi) is 6.73. The van der Waals surface area contributed by atoms with Crippen LogP contribution in [0.3, 0.4) is 0 Å². The summed E-state index contributed by atoms with van der Waals surface area (Å²) in [4.78, 5) is 0. The molecule has 0 aliphatic carbocycles. The molecule has 19 heavy (non-hydrogen) atoms. The Morgan fingerprint density at radius 2 is 1.79 bits per heavy atom. The molecule has 1 aromatic rings. The molecule has 2 atom stereocenters. The summed E-state index contributed by atoms with van der Waals surface area (Å²) in [6.07, 6.45) is 4.65. The van der Waals surface area contributed by atoms with Crippen LogP contribution in [-0.2, 0) is 11.0 Å². The molecule has 0 saturated heterocycles. The van der Waals surface area contributed by atoms with Gasteiger partial charge in [-0.2, -0.15) is 0 Å². The van der Waals surface area contributed by atoms with Crippen molar-refractivity contribution in [1.82, 2.24) is 4.72 Å². The maximum atomic E-state index is 12.3. The first-order valence-electron chi connectivity index (χ1n) is 7.18. The third kappa shape index (κ3) is 5.87. The van der Waals surface area contributed by atoms with Crippen molar-refractivity contribution in [2.75, 3.05) is 0 Å². The van der Waals surface area contributed by atoms with Gasteiger partial charge in [0.15, 0.2) is 0 Å². The SMILES string of the molecule is CCCCC[C@@H](NS(=O)C(C)(C)C)c1ccccc1. The minimum Gasteiger partial charge on any atom is -0.242 e. The maximum Gasteiger partial charge on any atom is 0.0975 e. The highest BCUT2D eigenvalue weighted by Gasteiger charge is 2.23. The van der Waals surface area contributed by atoms with Crippen LogP contribution in [0.1, 0.15) is 65.0 Å². The predicted molar refractivity (Wildman–Crippen MR) is 84.4 cm³/mol. The van der Waals surface area contributed by atoms with Crippen LogP contribution in [0, 0.1) is 0 Å². The Morgan fingerprint density at radius 1 is 1.16 bits per heavy atom. The van der Waals surface area contributed by atoms with E-state index in [1.807, 2.05) is 39.0 Å². The number of nitrogens with one attached hydrogen (secondary N) is 1. The largest absolute Gasteiger partial charge is 0.242 e. The molecule has 0 heterocycles. The summed E-state index contributed by atoms with van der Waals surface area (Å²) < 4.78 is 15.4. The molecule has 0 fully saturated rings. The molecule has 0 bridgehead atoms. The van der Waals surface area contributed by atoms with Crippen LogP contribution in [0.5, 0.6) is 0 Å². The Bertz CT molecular complexity index is 383. The molecule has 1 unspecified atom stereocenters. The third-order valence-corrected chi connectivity index (χ3v) is 4.71. The van der Waals surface area contributed by atoms with E-state index in [1.54, 1.807) is 0 Å². The van der Waals surface area contributed by atoms with Gasteiger partial charge in [0.25, 0.3) is 0 Å². The molecule has 1 rings (SSSR count). The van der Waals surface area contributed by atoms with E-state index in [0.717, 1.165) is 6.42 Å². The normalized spacial score (nSPS) is 15.2. The van der Waals surface area contributed by atoms with Crippen molar-refractivity contribution >= 4 is 11.0 Å². The average Bonchev–Trinajstić information content (AvgIpc) is 2.37. The van der Waals surface area contributed by atoms with E-state index >= 15 is 0 Å². The third-order valence-electron chi connectivity index (χ3n) is 3.10. The molecule has 0 aliphatic heterocycles. The van der Waals surface area contributed by atoms with Crippen molar-refractivity contribution in [2.45, 2.75) is 64.2 Å². The van der Waals surface area contributed by atoms with Gasteiger partial charge in [0.2, 0.25) is 0 Å². The van der Waals surface area contributed by atoms with E-state index in [1.165, 1.54) is 24.8 Å². The van der Waals surface area contributed by atoms with Crippen molar-refractivity contribution in [3.8, 4) is 0 Å². The lowest BCUT2D eigenvalue weighted by Gasteiger charge is -2.24. The Hall–Kier alpha value is -0.670. The number of hydrogen-bond donors (Lipinski definition) is 1. The standard InChI is InChI=1S/C16H27NOS/c1-5-6-8-13-15(14-11-9-7-10-12-14)17-19(18)16(2,3)4/h7,9-12,15,17H,5-6,8,13H2,1-4H3/t15-,19?/m1/s1.